The first-order chi connectivity index (χ1) is 11.6. The largest absolute Gasteiger partial charge is 0.367 e. The smallest absolute Gasteiger partial charge is 0.252 e. The molecule has 1 amide bonds. The molecule has 1 aromatic heterocycles. The first kappa shape index (κ1) is 17.2. The number of carbonyl (C=O) groups is 1. The maximum atomic E-state index is 12.3. The van der Waals surface area contributed by atoms with Crippen molar-refractivity contribution in [3.63, 3.8) is 0 Å². The van der Waals surface area contributed by atoms with E-state index in [1.165, 1.54) is 25.7 Å². The van der Waals surface area contributed by atoms with Crippen LogP contribution in [0.25, 0.3) is 0 Å². The van der Waals surface area contributed by atoms with E-state index in [-0.39, 0.29) is 5.91 Å². The van der Waals surface area contributed by atoms with E-state index in [2.05, 4.69) is 34.4 Å². The van der Waals surface area contributed by atoms with Gasteiger partial charge in [-0.25, -0.2) is 4.98 Å². The number of amides is 1. The van der Waals surface area contributed by atoms with Gasteiger partial charge in [0.15, 0.2) is 0 Å². The highest BCUT2D eigenvalue weighted by atomic mass is 16.1. The van der Waals surface area contributed by atoms with Crippen molar-refractivity contribution in [1.29, 1.82) is 0 Å². The van der Waals surface area contributed by atoms with Gasteiger partial charge in [0.2, 0.25) is 0 Å². The predicted octanol–water partition coefficient (Wildman–Crippen LogP) is 2.75. The van der Waals surface area contributed by atoms with Gasteiger partial charge in [0.05, 0.1) is 5.56 Å². The Labute approximate surface area is 145 Å². The first-order valence-corrected chi connectivity index (χ1v) is 9.33. The molecule has 5 heteroatoms. The van der Waals surface area contributed by atoms with Crippen molar-refractivity contribution in [2.24, 2.45) is 11.8 Å². The fourth-order valence-corrected chi connectivity index (χ4v) is 3.48. The molecule has 0 bridgehead atoms. The Morgan fingerprint density at radius 1 is 1.33 bits per heavy atom. The molecule has 2 fully saturated rings. The van der Waals surface area contributed by atoms with Crippen LogP contribution in [0.1, 0.15) is 49.9 Å². The molecule has 0 unspecified atom stereocenters. The van der Waals surface area contributed by atoms with Crippen molar-refractivity contribution in [3.05, 3.63) is 23.9 Å². The molecule has 0 aromatic carbocycles. The summed E-state index contributed by atoms with van der Waals surface area (Å²) in [6.45, 7) is 8.68. The molecule has 1 aliphatic heterocycles. The number of hydrogen-bond acceptors (Lipinski definition) is 4. The van der Waals surface area contributed by atoms with Gasteiger partial charge in [-0.15, -0.1) is 0 Å². The highest BCUT2D eigenvalue weighted by Gasteiger charge is 2.23. The molecule has 0 radical (unpaired) electrons. The summed E-state index contributed by atoms with van der Waals surface area (Å²) in [6.07, 6.45) is 6.59. The summed E-state index contributed by atoms with van der Waals surface area (Å²) < 4.78 is 0. The number of nitrogens with zero attached hydrogens (tertiary/aromatic N) is 2. The van der Waals surface area contributed by atoms with E-state index in [1.807, 2.05) is 12.1 Å². The third-order valence-electron chi connectivity index (χ3n) is 5.03. The third kappa shape index (κ3) is 4.69. The minimum Gasteiger partial charge on any atom is -0.367 e. The second-order valence-corrected chi connectivity index (χ2v) is 7.72. The molecule has 1 saturated heterocycles. The van der Waals surface area contributed by atoms with E-state index in [1.54, 1.807) is 6.20 Å². The molecule has 24 heavy (non-hydrogen) atoms. The fourth-order valence-electron chi connectivity index (χ4n) is 3.48. The lowest BCUT2D eigenvalue weighted by atomic mass is 9.93. The SMILES string of the molecule is CC(C)CN1CC[C@H](CNC(=O)c2ccc(NC3CCC3)nc2)C1. The van der Waals surface area contributed by atoms with Crippen LogP contribution in [0, 0.1) is 11.8 Å². The van der Waals surface area contributed by atoms with Crippen molar-refractivity contribution in [3.8, 4) is 0 Å². The Morgan fingerprint density at radius 3 is 2.79 bits per heavy atom. The molecular weight excluding hydrogens is 300 g/mol. The maximum Gasteiger partial charge on any atom is 0.252 e. The number of carbonyl (C=O) groups excluding carboxylic acids is 1. The Hall–Kier alpha value is -1.62. The summed E-state index contributed by atoms with van der Waals surface area (Å²) in [6, 6.07) is 4.34. The van der Waals surface area contributed by atoms with Gasteiger partial charge < -0.3 is 15.5 Å². The second kappa shape index (κ2) is 7.97. The average Bonchev–Trinajstić information content (AvgIpc) is 2.96. The molecule has 3 rings (SSSR count). The molecule has 5 nitrogen and oxygen atoms in total. The fraction of sp³-hybridized carbons (Fsp3) is 0.684. The van der Waals surface area contributed by atoms with Gasteiger partial charge in [0, 0.05) is 31.9 Å². The van der Waals surface area contributed by atoms with E-state index in [0.717, 1.165) is 32.0 Å². The molecule has 2 aliphatic rings. The minimum absolute atomic E-state index is 0.0139. The second-order valence-electron chi connectivity index (χ2n) is 7.72. The lowest BCUT2D eigenvalue weighted by Gasteiger charge is -2.26. The van der Waals surface area contributed by atoms with Crippen LogP contribution >= 0.6 is 0 Å². The Morgan fingerprint density at radius 2 is 2.17 bits per heavy atom. The summed E-state index contributed by atoms with van der Waals surface area (Å²) >= 11 is 0. The van der Waals surface area contributed by atoms with Crippen LogP contribution in [-0.4, -0.2) is 48.0 Å². The molecule has 1 aromatic rings. The van der Waals surface area contributed by atoms with Crippen LogP contribution in [0.4, 0.5) is 5.82 Å². The first-order valence-electron chi connectivity index (χ1n) is 9.33. The van der Waals surface area contributed by atoms with Crippen molar-refractivity contribution in [2.45, 2.75) is 45.6 Å². The van der Waals surface area contributed by atoms with E-state index >= 15 is 0 Å². The summed E-state index contributed by atoms with van der Waals surface area (Å²) in [7, 11) is 0. The van der Waals surface area contributed by atoms with Crippen molar-refractivity contribution in [1.82, 2.24) is 15.2 Å². The molecule has 2 heterocycles. The number of nitrogens with one attached hydrogen (secondary N) is 2. The molecule has 1 atom stereocenters. The monoisotopic (exact) mass is 330 g/mol. The van der Waals surface area contributed by atoms with Crippen LogP contribution in [0.2, 0.25) is 0 Å². The van der Waals surface area contributed by atoms with Gasteiger partial charge in [0.1, 0.15) is 5.82 Å². The lowest BCUT2D eigenvalue weighted by molar-refractivity contribution is 0.0947. The molecule has 132 valence electrons. The zero-order valence-electron chi connectivity index (χ0n) is 14.9. The predicted molar refractivity (Wildman–Crippen MR) is 97.2 cm³/mol. The highest BCUT2D eigenvalue weighted by Crippen LogP contribution is 2.22. The third-order valence-corrected chi connectivity index (χ3v) is 5.03. The van der Waals surface area contributed by atoms with Crippen LogP contribution in [0.15, 0.2) is 18.3 Å². The van der Waals surface area contributed by atoms with Crippen LogP contribution in [0.3, 0.4) is 0 Å². The van der Waals surface area contributed by atoms with E-state index < -0.39 is 0 Å². The molecular formula is C19H30N4O. The summed E-state index contributed by atoms with van der Waals surface area (Å²) in [4.78, 5) is 19.1. The summed E-state index contributed by atoms with van der Waals surface area (Å²) in [5.41, 5.74) is 0.645. The quantitative estimate of drug-likeness (QED) is 0.807. The summed E-state index contributed by atoms with van der Waals surface area (Å²) in [5.74, 6) is 2.13. The van der Waals surface area contributed by atoms with Gasteiger partial charge in [-0.2, -0.15) is 0 Å². The van der Waals surface area contributed by atoms with Crippen molar-refractivity contribution in [2.75, 3.05) is 31.5 Å². The number of pyridine rings is 1. The van der Waals surface area contributed by atoms with Gasteiger partial charge in [0.25, 0.3) is 5.91 Å². The Balaban J connectivity index is 1.41. The number of aromatic nitrogens is 1. The van der Waals surface area contributed by atoms with E-state index in [9.17, 15) is 4.79 Å². The number of anilines is 1. The maximum absolute atomic E-state index is 12.3. The van der Waals surface area contributed by atoms with Gasteiger partial charge in [-0.3, -0.25) is 4.79 Å². The van der Waals surface area contributed by atoms with Gasteiger partial charge >= 0.3 is 0 Å². The van der Waals surface area contributed by atoms with Gasteiger partial charge in [-0.05, 0) is 56.2 Å². The average molecular weight is 330 g/mol. The lowest BCUT2D eigenvalue weighted by Crippen LogP contribution is -2.32. The molecule has 1 saturated carbocycles. The van der Waals surface area contributed by atoms with Crippen molar-refractivity contribution < 1.29 is 4.79 Å². The van der Waals surface area contributed by atoms with Crippen LogP contribution in [-0.2, 0) is 0 Å². The molecule has 1 aliphatic carbocycles. The number of rotatable bonds is 7. The van der Waals surface area contributed by atoms with Crippen molar-refractivity contribution >= 4 is 11.7 Å². The van der Waals surface area contributed by atoms with E-state index in [4.69, 9.17) is 0 Å². The van der Waals surface area contributed by atoms with E-state index in [0.29, 0.717) is 23.4 Å². The minimum atomic E-state index is -0.0139. The number of likely N-dealkylation sites (tertiary alicyclic amines) is 1. The topological polar surface area (TPSA) is 57.3 Å². The Kier molecular flexibility index (Phi) is 5.72. The highest BCUT2D eigenvalue weighted by molar-refractivity contribution is 5.94. The number of hydrogen-bond donors (Lipinski definition) is 2. The van der Waals surface area contributed by atoms with Gasteiger partial charge in [-0.1, -0.05) is 13.8 Å². The zero-order valence-corrected chi connectivity index (χ0v) is 14.9. The van der Waals surface area contributed by atoms with Crippen LogP contribution < -0.4 is 10.6 Å². The normalized spacial score (nSPS) is 21.7. The molecule has 0 spiro atoms. The standard InChI is InChI=1S/C19H30N4O/c1-14(2)12-23-9-8-15(13-23)10-21-19(24)16-6-7-18(20-11-16)22-17-4-3-5-17/h6-7,11,14-15,17H,3-5,8-10,12-13H2,1-2H3,(H,20,22)(H,21,24)/t15-/m1/s1. The zero-order chi connectivity index (χ0) is 16.9. The Bertz CT molecular complexity index is 539. The van der Waals surface area contributed by atoms with Crippen LogP contribution in [0.5, 0.6) is 0 Å². The molecule has 2 N–H and O–H groups in total. The summed E-state index contributed by atoms with van der Waals surface area (Å²) in [5, 5.41) is 6.46.